The van der Waals surface area contributed by atoms with Gasteiger partial charge in [-0.3, -0.25) is 4.79 Å². The number of amides is 1. The van der Waals surface area contributed by atoms with E-state index in [2.05, 4.69) is 27.2 Å². The van der Waals surface area contributed by atoms with Gasteiger partial charge in [0.25, 0.3) is 0 Å². The van der Waals surface area contributed by atoms with E-state index >= 15 is 0 Å². The Labute approximate surface area is 166 Å². The Morgan fingerprint density at radius 3 is 2.79 bits per heavy atom. The molecular weight excluding hydrogens is 352 g/mol. The molecular formula is C21H32N6O. The van der Waals surface area contributed by atoms with E-state index in [0.717, 1.165) is 48.7 Å². The molecule has 3 heterocycles. The third-order valence-electron chi connectivity index (χ3n) is 6.32. The molecule has 2 aromatic rings. The maximum absolute atomic E-state index is 12.2. The number of carbonyl (C=O) groups is 1. The van der Waals surface area contributed by atoms with E-state index in [9.17, 15) is 4.79 Å². The van der Waals surface area contributed by atoms with E-state index in [4.69, 9.17) is 5.10 Å². The zero-order valence-electron chi connectivity index (χ0n) is 16.9. The summed E-state index contributed by atoms with van der Waals surface area (Å²) in [6, 6.07) is 0. The van der Waals surface area contributed by atoms with Crippen molar-refractivity contribution in [2.24, 2.45) is 5.92 Å². The first-order valence-corrected chi connectivity index (χ1v) is 10.8. The highest BCUT2D eigenvalue weighted by atomic mass is 16.1. The lowest BCUT2D eigenvalue weighted by molar-refractivity contribution is -0.121. The van der Waals surface area contributed by atoms with E-state index < -0.39 is 0 Å². The molecule has 152 valence electrons. The normalized spacial score (nSPS) is 21.4. The molecule has 0 bridgehead atoms. The highest BCUT2D eigenvalue weighted by Gasteiger charge is 2.27. The smallest absolute Gasteiger partial charge is 0.220 e. The van der Waals surface area contributed by atoms with Crippen molar-refractivity contribution in [2.45, 2.75) is 63.8 Å². The molecule has 4 rings (SSSR count). The Kier molecular flexibility index (Phi) is 6.20. The summed E-state index contributed by atoms with van der Waals surface area (Å²) in [4.78, 5) is 23.6. The van der Waals surface area contributed by atoms with Crippen molar-refractivity contribution >= 4 is 17.1 Å². The van der Waals surface area contributed by atoms with Crippen LogP contribution in [0.2, 0.25) is 0 Å². The number of nitrogens with one attached hydrogen (secondary N) is 1. The van der Waals surface area contributed by atoms with Crippen molar-refractivity contribution in [3.05, 3.63) is 18.1 Å². The maximum Gasteiger partial charge on any atom is 0.220 e. The minimum atomic E-state index is 0.158. The number of carbonyl (C=O) groups excluding carboxylic acids is 1. The fourth-order valence-electron chi connectivity index (χ4n) is 4.71. The van der Waals surface area contributed by atoms with E-state index in [0.29, 0.717) is 25.4 Å². The summed E-state index contributed by atoms with van der Waals surface area (Å²) in [7, 11) is 2.15. The molecule has 7 nitrogen and oxygen atoms in total. The summed E-state index contributed by atoms with van der Waals surface area (Å²) in [5, 5.41) is 7.90. The molecule has 0 aromatic carbocycles. The third-order valence-corrected chi connectivity index (χ3v) is 6.32. The van der Waals surface area contributed by atoms with Crippen molar-refractivity contribution in [1.29, 1.82) is 0 Å². The molecule has 1 N–H and O–H groups in total. The third kappa shape index (κ3) is 4.51. The number of hydrogen-bond donors (Lipinski definition) is 1. The Morgan fingerprint density at radius 1 is 1.18 bits per heavy atom. The summed E-state index contributed by atoms with van der Waals surface area (Å²) in [5.41, 5.74) is 2.78. The van der Waals surface area contributed by atoms with Gasteiger partial charge in [0.05, 0.1) is 12.2 Å². The Morgan fingerprint density at radius 2 is 2.00 bits per heavy atom. The lowest BCUT2D eigenvalue weighted by atomic mass is 9.86. The van der Waals surface area contributed by atoms with Gasteiger partial charge in [-0.2, -0.15) is 5.10 Å². The molecule has 0 radical (unpaired) electrons. The first-order chi connectivity index (χ1) is 13.7. The van der Waals surface area contributed by atoms with Gasteiger partial charge in [-0.25, -0.2) is 14.6 Å². The average Bonchev–Trinajstić information content (AvgIpc) is 3.31. The van der Waals surface area contributed by atoms with Crippen molar-refractivity contribution in [3.63, 3.8) is 0 Å². The number of hydrogen-bond acceptors (Lipinski definition) is 5. The number of rotatable bonds is 7. The van der Waals surface area contributed by atoms with E-state index in [1.165, 1.54) is 32.1 Å². The quantitative estimate of drug-likeness (QED) is 0.794. The molecule has 0 unspecified atom stereocenters. The van der Waals surface area contributed by atoms with Crippen LogP contribution in [0.15, 0.2) is 12.4 Å². The van der Waals surface area contributed by atoms with Crippen LogP contribution in [0, 0.1) is 5.92 Å². The fraction of sp³-hybridized carbons (Fsp3) is 0.714. The van der Waals surface area contributed by atoms with Gasteiger partial charge in [0, 0.05) is 37.8 Å². The van der Waals surface area contributed by atoms with Crippen molar-refractivity contribution < 1.29 is 4.79 Å². The lowest BCUT2D eigenvalue weighted by Gasteiger charge is -2.20. The van der Waals surface area contributed by atoms with Crippen molar-refractivity contribution in [1.82, 2.24) is 30.0 Å². The Balaban J connectivity index is 1.32. The first-order valence-electron chi connectivity index (χ1n) is 10.8. The van der Waals surface area contributed by atoms with Crippen LogP contribution in [0.25, 0.3) is 11.2 Å². The standard InChI is InChI=1S/C21H32N6O/c1-26-13-9-17(15-26)19-20-21(24-11-10-23-20)27(25-19)14-12-22-18(28)8-7-16-5-3-2-4-6-16/h10-11,16-17H,2-9,12-15H2,1H3,(H,22,28)/t17-/m1/s1. The van der Waals surface area contributed by atoms with Crippen LogP contribution in [-0.4, -0.2) is 57.2 Å². The van der Waals surface area contributed by atoms with Gasteiger partial charge in [0.2, 0.25) is 5.91 Å². The van der Waals surface area contributed by atoms with Crippen molar-refractivity contribution in [3.8, 4) is 0 Å². The van der Waals surface area contributed by atoms with Gasteiger partial charge in [-0.15, -0.1) is 0 Å². The Hall–Kier alpha value is -2.02. The van der Waals surface area contributed by atoms with Crippen LogP contribution in [0.4, 0.5) is 0 Å². The minimum Gasteiger partial charge on any atom is -0.354 e. The number of aromatic nitrogens is 4. The predicted octanol–water partition coefficient (Wildman–Crippen LogP) is 2.72. The first kappa shape index (κ1) is 19.3. The largest absolute Gasteiger partial charge is 0.354 e. The molecule has 1 amide bonds. The molecule has 0 spiro atoms. The van der Waals surface area contributed by atoms with Crippen LogP contribution in [0.1, 0.15) is 63.0 Å². The minimum absolute atomic E-state index is 0.158. The summed E-state index contributed by atoms with van der Waals surface area (Å²) in [6.07, 6.45) is 12.9. The van der Waals surface area contributed by atoms with Gasteiger partial charge in [0.15, 0.2) is 5.65 Å². The van der Waals surface area contributed by atoms with Crippen LogP contribution >= 0.6 is 0 Å². The summed E-state index contributed by atoms with van der Waals surface area (Å²) >= 11 is 0. The predicted molar refractivity (Wildman–Crippen MR) is 109 cm³/mol. The molecule has 1 aliphatic carbocycles. The van der Waals surface area contributed by atoms with Crippen LogP contribution in [0.5, 0.6) is 0 Å². The molecule has 2 aliphatic rings. The van der Waals surface area contributed by atoms with Crippen LogP contribution in [-0.2, 0) is 11.3 Å². The van der Waals surface area contributed by atoms with E-state index in [1.54, 1.807) is 12.4 Å². The molecule has 1 atom stereocenters. The fourth-order valence-corrected chi connectivity index (χ4v) is 4.71. The molecule has 2 aromatic heterocycles. The highest BCUT2D eigenvalue weighted by molar-refractivity contribution is 5.76. The van der Waals surface area contributed by atoms with Crippen LogP contribution < -0.4 is 5.32 Å². The number of fused-ring (bicyclic) bond motifs is 1. The van der Waals surface area contributed by atoms with E-state index in [1.807, 2.05) is 4.68 Å². The molecule has 28 heavy (non-hydrogen) atoms. The average molecular weight is 385 g/mol. The highest BCUT2D eigenvalue weighted by Crippen LogP contribution is 2.29. The molecule has 1 aliphatic heterocycles. The maximum atomic E-state index is 12.2. The van der Waals surface area contributed by atoms with Crippen LogP contribution in [0.3, 0.4) is 0 Å². The number of likely N-dealkylation sites (N-methyl/N-ethyl adjacent to an activating group) is 1. The molecule has 1 saturated carbocycles. The van der Waals surface area contributed by atoms with Gasteiger partial charge < -0.3 is 10.2 Å². The zero-order valence-corrected chi connectivity index (χ0v) is 16.9. The zero-order chi connectivity index (χ0) is 19.3. The monoisotopic (exact) mass is 384 g/mol. The number of likely N-dealkylation sites (tertiary alicyclic amines) is 1. The van der Waals surface area contributed by atoms with Gasteiger partial charge in [-0.05, 0) is 32.4 Å². The Bertz CT molecular complexity index is 797. The van der Waals surface area contributed by atoms with Gasteiger partial charge in [0.1, 0.15) is 5.52 Å². The van der Waals surface area contributed by atoms with Gasteiger partial charge in [-0.1, -0.05) is 32.1 Å². The molecule has 1 saturated heterocycles. The summed E-state index contributed by atoms with van der Waals surface area (Å²) in [5.74, 6) is 1.32. The second-order valence-electron chi connectivity index (χ2n) is 8.48. The molecule has 7 heteroatoms. The second kappa shape index (κ2) is 8.99. The van der Waals surface area contributed by atoms with Crippen molar-refractivity contribution in [2.75, 3.05) is 26.7 Å². The summed E-state index contributed by atoms with van der Waals surface area (Å²) in [6.45, 7) is 3.32. The topological polar surface area (TPSA) is 75.9 Å². The lowest BCUT2D eigenvalue weighted by Crippen LogP contribution is -2.28. The van der Waals surface area contributed by atoms with Gasteiger partial charge >= 0.3 is 0 Å². The number of nitrogens with zero attached hydrogens (tertiary/aromatic N) is 5. The summed E-state index contributed by atoms with van der Waals surface area (Å²) < 4.78 is 1.91. The molecule has 2 fully saturated rings. The van der Waals surface area contributed by atoms with E-state index in [-0.39, 0.29) is 5.91 Å². The second-order valence-corrected chi connectivity index (χ2v) is 8.48. The SMILES string of the molecule is CN1CC[C@@H](c2nn(CCNC(=O)CCC3CCCCC3)c3nccnc23)C1.